The zero-order chi connectivity index (χ0) is 19.1. The maximum absolute atomic E-state index is 12.5. The molecule has 1 aliphatic rings. The van der Waals surface area contributed by atoms with Crippen molar-refractivity contribution in [3.63, 3.8) is 0 Å². The number of nitrogens with zero attached hydrogens (tertiary/aromatic N) is 4. The van der Waals surface area contributed by atoms with Crippen LogP contribution >= 0.6 is 11.6 Å². The Labute approximate surface area is 162 Å². The van der Waals surface area contributed by atoms with E-state index in [0.29, 0.717) is 25.6 Å². The van der Waals surface area contributed by atoms with Gasteiger partial charge in [-0.3, -0.25) is 9.79 Å². The molecule has 0 aromatic carbocycles. The maximum atomic E-state index is 12.5. The van der Waals surface area contributed by atoms with E-state index in [1.807, 2.05) is 42.7 Å². The molecule has 0 bridgehead atoms. The lowest BCUT2D eigenvalue weighted by atomic mass is 10.0. The second-order valence-corrected chi connectivity index (χ2v) is 7.47. The largest absolute Gasteiger partial charge is 0.357 e. The number of guanidine groups is 1. The Morgan fingerprint density at radius 3 is 2.85 bits per heavy atom. The molecular formula is C19H32ClN5O. The third-order valence-corrected chi connectivity index (χ3v) is 5.09. The molecule has 7 heteroatoms. The van der Waals surface area contributed by atoms with E-state index in [1.165, 1.54) is 6.42 Å². The first-order valence-corrected chi connectivity index (χ1v) is 9.89. The van der Waals surface area contributed by atoms with Crippen molar-refractivity contribution in [3.05, 3.63) is 23.0 Å². The van der Waals surface area contributed by atoms with Gasteiger partial charge in [0.25, 0.3) is 0 Å². The topological polar surface area (TPSA) is 52.9 Å². The molecule has 1 unspecified atom stereocenters. The highest BCUT2D eigenvalue weighted by atomic mass is 35.5. The van der Waals surface area contributed by atoms with Crippen molar-refractivity contribution in [2.75, 3.05) is 26.7 Å². The Kier molecular flexibility index (Phi) is 7.82. The van der Waals surface area contributed by atoms with Crippen LogP contribution in [0, 0.1) is 0 Å². The van der Waals surface area contributed by atoms with E-state index in [9.17, 15) is 4.79 Å². The Morgan fingerprint density at radius 2 is 2.23 bits per heavy atom. The number of hydrogen-bond acceptors (Lipinski definition) is 2. The second-order valence-electron chi connectivity index (χ2n) is 7.03. The minimum Gasteiger partial charge on any atom is -0.357 e. The van der Waals surface area contributed by atoms with Crippen molar-refractivity contribution in [3.8, 4) is 0 Å². The molecule has 1 aromatic heterocycles. The van der Waals surface area contributed by atoms with Crippen molar-refractivity contribution < 1.29 is 4.79 Å². The van der Waals surface area contributed by atoms with Crippen LogP contribution in [0.1, 0.15) is 45.2 Å². The molecule has 1 fully saturated rings. The number of rotatable bonds is 6. The van der Waals surface area contributed by atoms with Gasteiger partial charge in [0.15, 0.2) is 5.96 Å². The van der Waals surface area contributed by atoms with Gasteiger partial charge in [-0.2, -0.15) is 0 Å². The molecule has 1 amide bonds. The van der Waals surface area contributed by atoms with Gasteiger partial charge in [0, 0.05) is 51.5 Å². The fraction of sp³-hybridized carbons (Fsp3) is 0.684. The van der Waals surface area contributed by atoms with Gasteiger partial charge in [0.1, 0.15) is 0 Å². The first kappa shape index (κ1) is 20.6. The minimum atomic E-state index is 0.216. The molecule has 1 saturated heterocycles. The van der Waals surface area contributed by atoms with Crippen LogP contribution in [0.3, 0.4) is 0 Å². The average molecular weight is 382 g/mol. The zero-order valence-electron chi connectivity index (χ0n) is 16.5. The molecule has 0 aliphatic carbocycles. The van der Waals surface area contributed by atoms with E-state index >= 15 is 0 Å². The second kappa shape index (κ2) is 9.86. The summed E-state index contributed by atoms with van der Waals surface area (Å²) in [5, 5.41) is 4.03. The number of nitrogens with one attached hydrogen (secondary N) is 1. The van der Waals surface area contributed by atoms with Gasteiger partial charge in [0.05, 0.1) is 18.1 Å². The van der Waals surface area contributed by atoms with Crippen molar-refractivity contribution in [2.24, 2.45) is 12.0 Å². The summed E-state index contributed by atoms with van der Waals surface area (Å²) in [7, 11) is 3.98. The molecule has 1 aromatic rings. The molecule has 2 heterocycles. The number of halogens is 1. The highest BCUT2D eigenvalue weighted by molar-refractivity contribution is 6.30. The fourth-order valence-corrected chi connectivity index (χ4v) is 3.65. The van der Waals surface area contributed by atoms with Crippen LogP contribution in [-0.2, 0) is 18.4 Å². The van der Waals surface area contributed by atoms with Crippen LogP contribution in [-0.4, -0.2) is 59.0 Å². The van der Waals surface area contributed by atoms with E-state index in [4.69, 9.17) is 11.6 Å². The van der Waals surface area contributed by atoms with Crippen LogP contribution in [0.2, 0.25) is 5.02 Å². The molecule has 0 spiro atoms. The molecule has 1 N–H and O–H groups in total. The van der Waals surface area contributed by atoms with E-state index in [2.05, 4.69) is 22.1 Å². The molecule has 2 rings (SSSR count). The molecular weight excluding hydrogens is 350 g/mol. The summed E-state index contributed by atoms with van der Waals surface area (Å²) >= 11 is 6.07. The number of carbonyl (C=O) groups is 1. The summed E-state index contributed by atoms with van der Waals surface area (Å²) in [5.74, 6) is 1.03. The van der Waals surface area contributed by atoms with Gasteiger partial charge in [0.2, 0.25) is 5.91 Å². The van der Waals surface area contributed by atoms with Gasteiger partial charge in [-0.25, -0.2) is 0 Å². The van der Waals surface area contributed by atoms with Gasteiger partial charge in [-0.15, -0.1) is 0 Å². The fourth-order valence-electron chi connectivity index (χ4n) is 3.38. The number of carbonyl (C=O) groups excluding carboxylic acids is 1. The predicted octanol–water partition coefficient (Wildman–Crippen LogP) is 2.87. The first-order chi connectivity index (χ1) is 12.4. The number of piperidine rings is 1. The third-order valence-electron chi connectivity index (χ3n) is 4.88. The third kappa shape index (κ3) is 5.66. The lowest BCUT2D eigenvalue weighted by Crippen LogP contribution is -2.42. The Bertz CT molecular complexity index is 627. The lowest BCUT2D eigenvalue weighted by Gasteiger charge is -2.33. The highest BCUT2D eigenvalue weighted by Crippen LogP contribution is 2.17. The summed E-state index contributed by atoms with van der Waals surface area (Å²) in [6, 6.07) is 2.32. The van der Waals surface area contributed by atoms with E-state index in [0.717, 1.165) is 42.6 Å². The quantitative estimate of drug-likeness (QED) is 0.609. The number of aliphatic imine (C=N–C) groups is 1. The number of amides is 1. The molecule has 0 radical (unpaired) electrons. The summed E-state index contributed by atoms with van der Waals surface area (Å²) in [6.07, 6.45) is 5.81. The minimum absolute atomic E-state index is 0.216. The van der Waals surface area contributed by atoms with Crippen LogP contribution in [0.4, 0.5) is 0 Å². The molecule has 1 aliphatic heterocycles. The van der Waals surface area contributed by atoms with E-state index < -0.39 is 0 Å². The van der Waals surface area contributed by atoms with Crippen LogP contribution in [0.15, 0.2) is 17.3 Å². The SMILES string of the molecule is CCNC(=NCCC(=O)N1CCCCC1C)N(C)Cc1cc(Cl)cn1C. The van der Waals surface area contributed by atoms with Crippen LogP contribution in [0.25, 0.3) is 0 Å². The van der Waals surface area contributed by atoms with Gasteiger partial charge in [-0.05, 0) is 39.2 Å². The average Bonchev–Trinajstić information content (AvgIpc) is 2.91. The summed E-state index contributed by atoms with van der Waals surface area (Å²) in [5.41, 5.74) is 1.11. The standard InChI is InChI=1S/C19H32ClN5O/c1-5-21-19(24(4)14-17-12-16(20)13-23(17)3)22-10-9-18(26)25-11-7-6-8-15(25)2/h12-13,15H,5-11,14H2,1-4H3,(H,21,22). The highest BCUT2D eigenvalue weighted by Gasteiger charge is 2.22. The van der Waals surface area contributed by atoms with Crippen molar-refractivity contribution in [1.29, 1.82) is 0 Å². The Morgan fingerprint density at radius 1 is 1.46 bits per heavy atom. The van der Waals surface area contributed by atoms with E-state index in [1.54, 1.807) is 0 Å². The molecule has 6 nitrogen and oxygen atoms in total. The molecule has 146 valence electrons. The normalized spacial score (nSPS) is 18.1. The van der Waals surface area contributed by atoms with Gasteiger partial charge >= 0.3 is 0 Å². The van der Waals surface area contributed by atoms with Gasteiger partial charge < -0.3 is 19.7 Å². The lowest BCUT2D eigenvalue weighted by molar-refractivity contribution is -0.134. The molecule has 26 heavy (non-hydrogen) atoms. The number of aromatic nitrogens is 1. The molecule has 1 atom stereocenters. The summed E-state index contributed by atoms with van der Waals surface area (Å²) in [4.78, 5) is 21.2. The van der Waals surface area contributed by atoms with E-state index in [-0.39, 0.29) is 5.91 Å². The van der Waals surface area contributed by atoms with Crippen molar-refractivity contribution >= 4 is 23.5 Å². The van der Waals surface area contributed by atoms with Crippen LogP contribution in [0.5, 0.6) is 0 Å². The zero-order valence-corrected chi connectivity index (χ0v) is 17.2. The smallest absolute Gasteiger partial charge is 0.224 e. The summed E-state index contributed by atoms with van der Waals surface area (Å²) < 4.78 is 2.02. The summed E-state index contributed by atoms with van der Waals surface area (Å²) in [6.45, 7) is 7.06. The van der Waals surface area contributed by atoms with Crippen LogP contribution < -0.4 is 5.32 Å². The molecule has 0 saturated carbocycles. The van der Waals surface area contributed by atoms with Crippen molar-refractivity contribution in [1.82, 2.24) is 19.7 Å². The maximum Gasteiger partial charge on any atom is 0.224 e. The monoisotopic (exact) mass is 381 g/mol. The number of hydrogen-bond donors (Lipinski definition) is 1. The predicted molar refractivity (Wildman–Crippen MR) is 108 cm³/mol. The Hall–Kier alpha value is -1.69. The van der Waals surface area contributed by atoms with Gasteiger partial charge in [-0.1, -0.05) is 11.6 Å². The first-order valence-electron chi connectivity index (χ1n) is 9.52. The Balaban J connectivity index is 1.92. The number of likely N-dealkylation sites (tertiary alicyclic amines) is 1. The van der Waals surface area contributed by atoms with Crippen molar-refractivity contribution in [2.45, 2.75) is 52.1 Å². The number of aryl methyl sites for hydroxylation is 1.